The zero-order chi connectivity index (χ0) is 29.6. The summed E-state index contributed by atoms with van der Waals surface area (Å²) < 4.78 is 85.1. The second-order valence-electron chi connectivity index (χ2n) is 11.8. The van der Waals surface area contributed by atoms with E-state index in [1.54, 1.807) is 0 Å². The highest BCUT2D eigenvalue weighted by Crippen LogP contribution is 2.49. The first kappa shape index (κ1) is 29.6. The molecule has 1 amide bonds. The van der Waals surface area contributed by atoms with Crippen molar-refractivity contribution in [1.82, 2.24) is 10.2 Å². The number of amides is 1. The molecule has 0 aromatic heterocycles. The van der Waals surface area contributed by atoms with Gasteiger partial charge in [0.1, 0.15) is 0 Å². The van der Waals surface area contributed by atoms with Crippen LogP contribution in [0.25, 0.3) is 6.08 Å². The number of alkyl halides is 6. The maximum atomic E-state index is 13.5. The molecule has 5 rings (SSSR count). The number of ether oxygens (including phenoxy) is 1. The number of likely N-dealkylation sites (tertiary alicyclic amines) is 1. The lowest BCUT2D eigenvalue weighted by Gasteiger charge is -2.46. The Morgan fingerprint density at radius 2 is 1.73 bits per heavy atom. The lowest BCUT2D eigenvalue weighted by molar-refractivity contribution is -0.143. The number of allylic oxidation sites excluding steroid dienone is 1. The summed E-state index contributed by atoms with van der Waals surface area (Å²) in [6.07, 6.45) is -2.62. The monoisotopic (exact) mass is 580 g/mol. The number of rotatable bonds is 6. The maximum Gasteiger partial charge on any atom is 0.416 e. The van der Waals surface area contributed by atoms with Crippen LogP contribution in [0.3, 0.4) is 0 Å². The van der Waals surface area contributed by atoms with Gasteiger partial charge in [0.15, 0.2) is 0 Å². The molecule has 222 valence electrons. The molecule has 0 bridgehead atoms. The molecular formula is C31H34F6N2O2. The Morgan fingerprint density at radius 3 is 2.37 bits per heavy atom. The van der Waals surface area contributed by atoms with Crippen molar-refractivity contribution in [3.8, 4) is 0 Å². The highest BCUT2D eigenvalue weighted by Gasteiger charge is 2.50. The standard InChI is InChI=1S/C31H34F6N2O2/c1-20-18-39(12-11-29(20)10-7-22-5-3-4-6-26(22)29)25-8-9-28(16-25,19-41-2)27(40)38-17-21-13-23(30(32,33)34)15-24(14-21)31(35,36)37/h3-7,10,13-15,20,25H,8-9,11-12,16-19H2,1-2H3,(H,38,40)/t20-,25?,28?,29-/m0/s1. The molecular weight excluding hydrogens is 546 g/mol. The molecule has 0 radical (unpaired) electrons. The predicted octanol–water partition coefficient (Wildman–Crippen LogP) is 6.83. The summed E-state index contributed by atoms with van der Waals surface area (Å²) in [6.45, 7) is 3.65. The average Bonchev–Trinajstić information content (AvgIpc) is 3.52. The molecule has 2 aliphatic carbocycles. The second kappa shape index (κ2) is 10.8. The third-order valence-corrected chi connectivity index (χ3v) is 9.32. The number of nitrogens with zero attached hydrogens (tertiary/aromatic N) is 1. The fourth-order valence-electron chi connectivity index (χ4n) is 7.13. The minimum atomic E-state index is -4.95. The number of fused-ring (bicyclic) bond motifs is 2. The van der Waals surface area contributed by atoms with Gasteiger partial charge in [0.25, 0.3) is 0 Å². The summed E-state index contributed by atoms with van der Waals surface area (Å²) in [5.41, 5.74) is -1.37. The molecule has 1 saturated carbocycles. The summed E-state index contributed by atoms with van der Waals surface area (Å²) in [7, 11) is 1.49. The van der Waals surface area contributed by atoms with Crippen LogP contribution in [-0.2, 0) is 33.8 Å². The summed E-state index contributed by atoms with van der Waals surface area (Å²) >= 11 is 0. The minimum absolute atomic E-state index is 0.00703. The van der Waals surface area contributed by atoms with Crippen LogP contribution in [0, 0.1) is 11.3 Å². The van der Waals surface area contributed by atoms with E-state index in [2.05, 4.69) is 47.5 Å². The number of hydrogen-bond donors (Lipinski definition) is 1. The lowest BCUT2D eigenvalue weighted by atomic mass is 9.67. The topological polar surface area (TPSA) is 41.6 Å². The maximum absolute atomic E-state index is 13.5. The van der Waals surface area contributed by atoms with Gasteiger partial charge in [0.05, 0.1) is 23.1 Å². The van der Waals surface area contributed by atoms with Gasteiger partial charge >= 0.3 is 12.4 Å². The van der Waals surface area contributed by atoms with Crippen LogP contribution in [0.1, 0.15) is 60.4 Å². The van der Waals surface area contributed by atoms with Crippen molar-refractivity contribution in [2.45, 2.75) is 63.0 Å². The number of methoxy groups -OCH3 is 1. The molecule has 2 aromatic carbocycles. The van der Waals surface area contributed by atoms with Crippen molar-refractivity contribution in [3.63, 3.8) is 0 Å². The smallest absolute Gasteiger partial charge is 0.384 e. The minimum Gasteiger partial charge on any atom is -0.384 e. The van der Waals surface area contributed by atoms with Crippen molar-refractivity contribution in [1.29, 1.82) is 0 Å². The summed E-state index contributed by atoms with van der Waals surface area (Å²) in [4.78, 5) is 15.9. The van der Waals surface area contributed by atoms with Gasteiger partial charge < -0.3 is 10.1 Å². The Hall–Kier alpha value is -2.85. The molecule has 41 heavy (non-hydrogen) atoms. The highest BCUT2D eigenvalue weighted by atomic mass is 19.4. The molecule has 2 aromatic rings. The van der Waals surface area contributed by atoms with Crippen LogP contribution in [0.2, 0.25) is 0 Å². The van der Waals surface area contributed by atoms with Crippen molar-refractivity contribution in [2.24, 2.45) is 11.3 Å². The van der Waals surface area contributed by atoms with Crippen LogP contribution < -0.4 is 5.32 Å². The van der Waals surface area contributed by atoms with Crippen LogP contribution in [0.5, 0.6) is 0 Å². The molecule has 4 atom stereocenters. The third kappa shape index (κ3) is 5.65. The van der Waals surface area contributed by atoms with Gasteiger partial charge in [-0.15, -0.1) is 0 Å². The molecule has 1 heterocycles. The lowest BCUT2D eigenvalue weighted by Crippen LogP contribution is -2.51. The zero-order valence-corrected chi connectivity index (χ0v) is 23.0. The largest absolute Gasteiger partial charge is 0.416 e. The van der Waals surface area contributed by atoms with Crippen LogP contribution in [0.15, 0.2) is 48.5 Å². The second-order valence-corrected chi connectivity index (χ2v) is 11.8. The van der Waals surface area contributed by atoms with E-state index >= 15 is 0 Å². The molecule has 1 saturated heterocycles. The predicted molar refractivity (Wildman–Crippen MR) is 143 cm³/mol. The van der Waals surface area contributed by atoms with E-state index in [1.165, 1.54) is 18.2 Å². The molecule has 1 aliphatic heterocycles. The van der Waals surface area contributed by atoms with E-state index in [1.807, 2.05) is 6.07 Å². The molecule has 2 fully saturated rings. The Bertz CT molecular complexity index is 1290. The number of carbonyl (C=O) groups is 1. The number of hydrogen-bond acceptors (Lipinski definition) is 3. The molecule has 3 aliphatic rings. The van der Waals surface area contributed by atoms with Gasteiger partial charge in [0.2, 0.25) is 5.91 Å². The van der Waals surface area contributed by atoms with E-state index in [0.29, 0.717) is 30.9 Å². The fraction of sp³-hybridized carbons (Fsp3) is 0.516. The number of carbonyl (C=O) groups excluding carboxylic acids is 1. The van der Waals surface area contributed by atoms with E-state index in [-0.39, 0.29) is 29.7 Å². The van der Waals surface area contributed by atoms with E-state index in [9.17, 15) is 31.1 Å². The summed E-state index contributed by atoms with van der Waals surface area (Å²) in [5, 5.41) is 2.63. The third-order valence-electron chi connectivity index (χ3n) is 9.32. The van der Waals surface area contributed by atoms with Gasteiger partial charge in [-0.3, -0.25) is 9.69 Å². The van der Waals surface area contributed by atoms with Crippen molar-refractivity contribution in [3.05, 3.63) is 76.4 Å². The SMILES string of the molecule is COCC1(C(=O)NCc2cc(C(F)(F)F)cc(C(F)(F)F)c2)CCC(N2CC[C@@]3(C=Cc4ccccc43)[C@@H](C)C2)C1. The van der Waals surface area contributed by atoms with E-state index < -0.39 is 41.3 Å². The fourth-order valence-corrected chi connectivity index (χ4v) is 7.13. The number of benzene rings is 2. The van der Waals surface area contributed by atoms with Gasteiger partial charge in [-0.25, -0.2) is 0 Å². The normalized spacial score (nSPS) is 28.3. The first-order chi connectivity index (χ1) is 19.3. The van der Waals surface area contributed by atoms with Crippen LogP contribution in [0.4, 0.5) is 26.3 Å². The van der Waals surface area contributed by atoms with Gasteiger partial charge in [-0.05, 0) is 73.0 Å². The highest BCUT2D eigenvalue weighted by molar-refractivity contribution is 5.83. The molecule has 1 spiro atoms. The Morgan fingerprint density at radius 1 is 1.05 bits per heavy atom. The van der Waals surface area contributed by atoms with Gasteiger partial charge in [-0.1, -0.05) is 43.3 Å². The summed E-state index contributed by atoms with van der Waals surface area (Å²) in [5.74, 6) is -0.0619. The van der Waals surface area contributed by atoms with E-state index in [4.69, 9.17) is 4.74 Å². The van der Waals surface area contributed by atoms with E-state index in [0.717, 1.165) is 25.9 Å². The molecule has 2 unspecified atom stereocenters. The Kier molecular flexibility index (Phi) is 7.78. The van der Waals surface area contributed by atoms with Crippen molar-refractivity contribution < 1.29 is 35.9 Å². The average molecular weight is 581 g/mol. The van der Waals surface area contributed by atoms with Gasteiger partial charge in [-0.2, -0.15) is 26.3 Å². The number of halogens is 6. The number of nitrogens with one attached hydrogen (secondary N) is 1. The van der Waals surface area contributed by atoms with Crippen molar-refractivity contribution >= 4 is 12.0 Å². The van der Waals surface area contributed by atoms with Crippen molar-refractivity contribution in [2.75, 3.05) is 26.8 Å². The van der Waals surface area contributed by atoms with Crippen LogP contribution >= 0.6 is 0 Å². The van der Waals surface area contributed by atoms with Gasteiger partial charge in [0, 0.05) is 31.7 Å². The molecule has 1 N–H and O–H groups in total. The first-order valence-corrected chi connectivity index (χ1v) is 13.9. The van der Waals surface area contributed by atoms with Crippen LogP contribution in [-0.4, -0.2) is 43.7 Å². The zero-order valence-electron chi connectivity index (χ0n) is 23.0. The number of piperidine rings is 1. The summed E-state index contributed by atoms with van der Waals surface area (Å²) in [6, 6.07) is 9.97. The Labute approximate surface area is 235 Å². The Balaban J connectivity index is 1.27. The molecule has 10 heteroatoms. The quantitative estimate of drug-likeness (QED) is 0.381. The first-order valence-electron chi connectivity index (χ1n) is 13.9. The molecule has 4 nitrogen and oxygen atoms in total.